The molecule has 10 heteroatoms. The minimum atomic E-state index is -0.511. The van der Waals surface area contributed by atoms with Gasteiger partial charge >= 0.3 is 5.82 Å². The van der Waals surface area contributed by atoms with Gasteiger partial charge in [-0.1, -0.05) is 0 Å². The van der Waals surface area contributed by atoms with Gasteiger partial charge in [-0.15, -0.1) is 0 Å². The molecule has 0 bridgehead atoms. The third-order valence-corrected chi connectivity index (χ3v) is 4.74. The molecule has 1 amide bonds. The minimum absolute atomic E-state index is 0.121. The molecule has 1 saturated heterocycles. The number of nitrogens with one attached hydrogen (secondary N) is 1. The van der Waals surface area contributed by atoms with Crippen LogP contribution in [0.2, 0.25) is 0 Å². The van der Waals surface area contributed by atoms with E-state index in [1.165, 1.54) is 22.5 Å². The first-order valence-electron chi connectivity index (χ1n) is 7.12. The Labute approximate surface area is 136 Å². The highest BCUT2D eigenvalue weighted by Gasteiger charge is 2.29. The molecule has 1 unspecified atom stereocenters. The van der Waals surface area contributed by atoms with Gasteiger partial charge in [0.15, 0.2) is 5.17 Å². The zero-order valence-corrected chi connectivity index (χ0v) is 13.5. The molecule has 1 fully saturated rings. The van der Waals surface area contributed by atoms with E-state index in [1.807, 2.05) is 0 Å². The van der Waals surface area contributed by atoms with Crippen LogP contribution in [-0.4, -0.2) is 56.1 Å². The zero-order chi connectivity index (χ0) is 16.6. The van der Waals surface area contributed by atoms with Crippen molar-refractivity contribution in [1.82, 2.24) is 19.8 Å². The summed E-state index contributed by atoms with van der Waals surface area (Å²) in [6.45, 7) is 4.52. The highest BCUT2D eigenvalue weighted by atomic mass is 32.2. The highest BCUT2D eigenvalue weighted by molar-refractivity contribution is 8.18. The fraction of sp³-hybridized carbons (Fsp3) is 0.462. The van der Waals surface area contributed by atoms with Gasteiger partial charge in [0.1, 0.15) is 6.20 Å². The van der Waals surface area contributed by atoms with Crippen molar-refractivity contribution in [3.63, 3.8) is 0 Å². The van der Waals surface area contributed by atoms with Crippen LogP contribution >= 0.6 is 11.8 Å². The van der Waals surface area contributed by atoms with Gasteiger partial charge in [-0.2, -0.15) is 4.99 Å². The predicted octanol–water partition coefficient (Wildman–Crippen LogP) is 0.592. The monoisotopic (exact) mass is 336 g/mol. The molecular formula is C13H16N6O3S. The quantitative estimate of drug-likeness (QED) is 0.479. The van der Waals surface area contributed by atoms with E-state index in [1.54, 1.807) is 13.1 Å². The first-order chi connectivity index (χ1) is 11.0. The molecule has 9 nitrogen and oxygen atoms in total. The van der Waals surface area contributed by atoms with Crippen LogP contribution < -0.4 is 5.32 Å². The molecule has 3 heterocycles. The lowest BCUT2D eigenvalue weighted by Gasteiger charge is -2.32. The number of aromatic nitrogens is 2. The first kappa shape index (κ1) is 15.7. The molecule has 1 N–H and O–H groups in total. The standard InChI is InChI=1S/C13H16N6O3S/c1-8-7-18(4-3-14-8)13-16-12(20)9(23-13)5-10-15-6-11(17(10)2)19(21)22/h5-6,8,14H,3-4,7H2,1-2H3/b9-5-. The molecule has 0 aliphatic carbocycles. The van der Waals surface area contributed by atoms with Crippen LogP contribution in [0.25, 0.3) is 6.08 Å². The Hall–Kier alpha value is -2.20. The van der Waals surface area contributed by atoms with Crippen LogP contribution in [0.15, 0.2) is 16.1 Å². The first-order valence-corrected chi connectivity index (χ1v) is 7.94. The van der Waals surface area contributed by atoms with E-state index in [4.69, 9.17) is 0 Å². The summed E-state index contributed by atoms with van der Waals surface area (Å²) in [5, 5.41) is 14.9. The average Bonchev–Trinajstić information content (AvgIpc) is 3.04. The molecule has 0 radical (unpaired) electrons. The van der Waals surface area contributed by atoms with Crippen LogP contribution in [0.3, 0.4) is 0 Å². The fourth-order valence-electron chi connectivity index (χ4n) is 2.47. The fourth-order valence-corrected chi connectivity index (χ4v) is 3.39. The Kier molecular flexibility index (Phi) is 4.18. The van der Waals surface area contributed by atoms with E-state index >= 15 is 0 Å². The molecule has 1 aromatic heterocycles. The Morgan fingerprint density at radius 2 is 2.35 bits per heavy atom. The molecule has 122 valence electrons. The summed E-state index contributed by atoms with van der Waals surface area (Å²) in [4.78, 5) is 33.0. The average molecular weight is 336 g/mol. The van der Waals surface area contributed by atoms with Crippen LogP contribution in [0.4, 0.5) is 5.82 Å². The number of nitrogens with zero attached hydrogens (tertiary/aromatic N) is 5. The summed E-state index contributed by atoms with van der Waals surface area (Å²) < 4.78 is 1.34. The second-order valence-corrected chi connectivity index (χ2v) is 6.41. The summed E-state index contributed by atoms with van der Waals surface area (Å²) in [6.07, 6.45) is 2.72. The van der Waals surface area contributed by atoms with E-state index in [-0.39, 0.29) is 11.7 Å². The number of aliphatic imine (C=N–C) groups is 1. The van der Waals surface area contributed by atoms with Crippen LogP contribution in [0, 0.1) is 10.1 Å². The second-order valence-electron chi connectivity index (χ2n) is 5.40. The number of thioether (sulfide) groups is 1. The highest BCUT2D eigenvalue weighted by Crippen LogP contribution is 2.30. The van der Waals surface area contributed by atoms with Gasteiger partial charge < -0.3 is 20.3 Å². The predicted molar refractivity (Wildman–Crippen MR) is 86.9 cm³/mol. The van der Waals surface area contributed by atoms with Gasteiger partial charge in [-0.05, 0) is 23.6 Å². The van der Waals surface area contributed by atoms with E-state index in [0.717, 1.165) is 19.6 Å². The summed E-state index contributed by atoms with van der Waals surface area (Å²) in [5.41, 5.74) is 0. The summed E-state index contributed by atoms with van der Waals surface area (Å²) in [6, 6.07) is 0.340. The van der Waals surface area contributed by atoms with Crippen molar-refractivity contribution in [3.05, 3.63) is 27.0 Å². The largest absolute Gasteiger partial charge is 0.358 e. The number of amides is 1. The maximum atomic E-state index is 12.1. The smallest absolute Gasteiger partial charge is 0.342 e. The lowest BCUT2D eigenvalue weighted by Crippen LogP contribution is -2.50. The van der Waals surface area contributed by atoms with Gasteiger partial charge in [-0.3, -0.25) is 4.79 Å². The molecule has 2 aliphatic rings. The number of hydrogen-bond donors (Lipinski definition) is 1. The van der Waals surface area contributed by atoms with Gasteiger partial charge in [0.25, 0.3) is 5.91 Å². The molecule has 23 heavy (non-hydrogen) atoms. The van der Waals surface area contributed by atoms with Crippen molar-refractivity contribution in [3.8, 4) is 0 Å². The van der Waals surface area contributed by atoms with Gasteiger partial charge in [0.2, 0.25) is 5.82 Å². The molecule has 1 aromatic rings. The number of amidine groups is 1. The number of piperazine rings is 1. The maximum Gasteiger partial charge on any atom is 0.342 e. The third kappa shape index (κ3) is 3.13. The molecular weight excluding hydrogens is 320 g/mol. The van der Waals surface area contributed by atoms with Crippen molar-refractivity contribution >= 4 is 34.7 Å². The van der Waals surface area contributed by atoms with E-state index in [9.17, 15) is 14.9 Å². The molecule has 1 atom stereocenters. The van der Waals surface area contributed by atoms with E-state index in [0.29, 0.717) is 21.9 Å². The Morgan fingerprint density at radius 3 is 3.00 bits per heavy atom. The van der Waals surface area contributed by atoms with Crippen LogP contribution in [0.5, 0.6) is 0 Å². The Bertz CT molecular complexity index is 725. The zero-order valence-electron chi connectivity index (χ0n) is 12.7. The molecule has 3 rings (SSSR count). The van der Waals surface area contributed by atoms with Gasteiger partial charge in [0.05, 0.1) is 12.0 Å². The minimum Gasteiger partial charge on any atom is -0.358 e. The third-order valence-electron chi connectivity index (χ3n) is 3.70. The molecule has 2 aliphatic heterocycles. The van der Waals surface area contributed by atoms with Crippen LogP contribution in [0.1, 0.15) is 12.7 Å². The van der Waals surface area contributed by atoms with E-state index < -0.39 is 4.92 Å². The topological polar surface area (TPSA) is 106 Å². The molecule has 0 aromatic carbocycles. The van der Waals surface area contributed by atoms with Crippen molar-refractivity contribution < 1.29 is 9.72 Å². The number of imidazole rings is 1. The maximum absolute atomic E-state index is 12.1. The lowest BCUT2D eigenvalue weighted by atomic mass is 10.2. The normalized spacial score (nSPS) is 23.5. The lowest BCUT2D eigenvalue weighted by molar-refractivity contribution is -0.391. The van der Waals surface area contributed by atoms with Gasteiger partial charge in [-0.25, -0.2) is 9.55 Å². The second kappa shape index (κ2) is 6.13. The Balaban J connectivity index is 1.78. The number of rotatable bonds is 2. The SMILES string of the molecule is CC1CN(C2=NC(=O)/C(=C/c3ncc([N+](=O)[O-])n3C)S2)CCN1. The van der Waals surface area contributed by atoms with E-state index in [2.05, 4.69) is 27.1 Å². The molecule has 0 spiro atoms. The number of hydrogen-bond acceptors (Lipinski definition) is 7. The Morgan fingerprint density at radius 1 is 1.57 bits per heavy atom. The van der Waals surface area contributed by atoms with Gasteiger partial charge in [0, 0.05) is 31.8 Å². The number of nitro groups is 1. The van der Waals surface area contributed by atoms with Crippen LogP contribution in [-0.2, 0) is 11.8 Å². The van der Waals surface area contributed by atoms with Crippen molar-refractivity contribution in [2.24, 2.45) is 12.0 Å². The summed E-state index contributed by atoms with van der Waals surface area (Å²) >= 11 is 1.29. The van der Waals surface area contributed by atoms with Crippen molar-refractivity contribution in [2.45, 2.75) is 13.0 Å². The molecule has 0 saturated carbocycles. The number of carbonyl (C=O) groups excluding carboxylic acids is 1. The van der Waals surface area contributed by atoms with Crippen molar-refractivity contribution in [1.29, 1.82) is 0 Å². The number of carbonyl (C=O) groups is 1. The van der Waals surface area contributed by atoms with Crippen molar-refractivity contribution in [2.75, 3.05) is 19.6 Å². The summed E-state index contributed by atoms with van der Waals surface area (Å²) in [5.74, 6) is -0.0936. The summed E-state index contributed by atoms with van der Waals surface area (Å²) in [7, 11) is 1.54.